The van der Waals surface area contributed by atoms with Crippen molar-refractivity contribution in [1.29, 1.82) is 0 Å². The van der Waals surface area contributed by atoms with E-state index in [-0.39, 0.29) is 12.5 Å². The third-order valence-corrected chi connectivity index (χ3v) is 4.91. The lowest BCUT2D eigenvalue weighted by Gasteiger charge is -2.13. The maximum Gasteiger partial charge on any atom is 0.251 e. The van der Waals surface area contributed by atoms with Crippen molar-refractivity contribution < 1.29 is 19.0 Å². The number of benzene rings is 2. The van der Waals surface area contributed by atoms with Crippen LogP contribution in [0.4, 0.5) is 0 Å². The van der Waals surface area contributed by atoms with Gasteiger partial charge in [-0.05, 0) is 52.2 Å². The van der Waals surface area contributed by atoms with E-state index in [1.165, 1.54) is 0 Å². The first-order valence-electron chi connectivity index (χ1n) is 8.61. The number of carbonyl (C=O) groups is 1. The monoisotopic (exact) mass is 455 g/mol. The minimum absolute atomic E-state index is 0.207. The first kappa shape index (κ1) is 21.4. The van der Waals surface area contributed by atoms with Gasteiger partial charge in [-0.15, -0.1) is 0 Å². The zero-order chi connectivity index (χ0) is 19.8. The van der Waals surface area contributed by atoms with Gasteiger partial charge in [0.1, 0.15) is 5.75 Å². The Bertz CT molecular complexity index is 798. The molecule has 0 aliphatic carbocycles. The number of halogens is 2. The number of unbranched alkanes of at least 4 members (excludes halogenated alkanes) is 1. The van der Waals surface area contributed by atoms with Crippen molar-refractivity contribution in [2.24, 2.45) is 0 Å². The Balaban J connectivity index is 2.04. The third-order valence-electron chi connectivity index (χ3n) is 3.94. The molecule has 0 saturated carbocycles. The van der Waals surface area contributed by atoms with Crippen LogP contribution >= 0.6 is 27.5 Å². The van der Waals surface area contributed by atoms with E-state index in [1.54, 1.807) is 44.6 Å². The molecule has 27 heavy (non-hydrogen) atoms. The summed E-state index contributed by atoms with van der Waals surface area (Å²) >= 11 is 9.72. The van der Waals surface area contributed by atoms with E-state index in [0.717, 1.165) is 28.6 Å². The van der Waals surface area contributed by atoms with E-state index in [9.17, 15) is 4.79 Å². The fourth-order valence-electron chi connectivity index (χ4n) is 2.39. The minimum Gasteiger partial charge on any atom is -0.493 e. The Morgan fingerprint density at radius 3 is 2.44 bits per heavy atom. The molecule has 0 aliphatic rings. The number of hydrogen-bond donors (Lipinski definition) is 1. The quantitative estimate of drug-likeness (QED) is 0.525. The Hall–Kier alpha value is -1.92. The van der Waals surface area contributed by atoms with Gasteiger partial charge >= 0.3 is 0 Å². The zero-order valence-electron chi connectivity index (χ0n) is 15.6. The highest BCUT2D eigenvalue weighted by Gasteiger charge is 2.13. The second-order valence-electron chi connectivity index (χ2n) is 5.83. The van der Waals surface area contributed by atoms with Gasteiger partial charge in [0.2, 0.25) is 0 Å². The molecule has 0 bridgehead atoms. The molecule has 7 heteroatoms. The summed E-state index contributed by atoms with van der Waals surface area (Å²) in [7, 11) is 3.10. The van der Waals surface area contributed by atoms with Crippen LogP contribution in [-0.2, 0) is 6.54 Å². The molecule has 2 rings (SSSR count). The van der Waals surface area contributed by atoms with Gasteiger partial charge in [-0.3, -0.25) is 4.79 Å². The molecule has 0 fully saturated rings. The van der Waals surface area contributed by atoms with Crippen LogP contribution in [0.25, 0.3) is 0 Å². The van der Waals surface area contributed by atoms with Crippen LogP contribution < -0.4 is 19.5 Å². The average molecular weight is 457 g/mol. The normalized spacial score (nSPS) is 10.4. The van der Waals surface area contributed by atoms with Crippen molar-refractivity contribution in [3.05, 3.63) is 51.0 Å². The molecule has 2 aromatic carbocycles. The van der Waals surface area contributed by atoms with Crippen LogP contribution in [0.5, 0.6) is 17.2 Å². The first-order valence-corrected chi connectivity index (χ1v) is 9.78. The van der Waals surface area contributed by atoms with Crippen molar-refractivity contribution in [1.82, 2.24) is 5.32 Å². The number of rotatable bonds is 9. The van der Waals surface area contributed by atoms with Crippen molar-refractivity contribution in [2.45, 2.75) is 26.3 Å². The van der Waals surface area contributed by atoms with Crippen molar-refractivity contribution >= 4 is 33.4 Å². The summed E-state index contributed by atoms with van der Waals surface area (Å²) in [4.78, 5) is 12.5. The topological polar surface area (TPSA) is 56.8 Å². The minimum atomic E-state index is -0.207. The molecular weight excluding hydrogens is 434 g/mol. The number of carbonyl (C=O) groups excluding carboxylic acids is 1. The summed E-state index contributed by atoms with van der Waals surface area (Å²) in [5.74, 6) is 1.62. The molecule has 1 amide bonds. The maximum atomic E-state index is 12.5. The lowest BCUT2D eigenvalue weighted by molar-refractivity contribution is 0.0951. The molecule has 0 radical (unpaired) electrons. The van der Waals surface area contributed by atoms with Gasteiger partial charge in [-0.2, -0.15) is 0 Å². The third kappa shape index (κ3) is 5.78. The molecule has 0 atom stereocenters. The summed E-state index contributed by atoms with van der Waals surface area (Å²) in [6.45, 7) is 3.03. The van der Waals surface area contributed by atoms with Crippen molar-refractivity contribution in [3.63, 3.8) is 0 Å². The number of amides is 1. The predicted octanol–water partition coefficient (Wildman–Crippen LogP) is 5.23. The Kier molecular flexibility index (Phi) is 8.25. The molecule has 0 spiro atoms. The highest BCUT2D eigenvalue weighted by molar-refractivity contribution is 9.10. The predicted molar refractivity (Wildman–Crippen MR) is 110 cm³/mol. The van der Waals surface area contributed by atoms with Gasteiger partial charge < -0.3 is 19.5 Å². The van der Waals surface area contributed by atoms with Crippen LogP contribution in [0.1, 0.15) is 35.7 Å². The van der Waals surface area contributed by atoms with Gasteiger partial charge in [-0.25, -0.2) is 0 Å². The lowest BCUT2D eigenvalue weighted by Crippen LogP contribution is -2.23. The van der Waals surface area contributed by atoms with E-state index in [2.05, 4.69) is 28.2 Å². The number of nitrogens with one attached hydrogen (secondary N) is 1. The molecule has 5 nitrogen and oxygen atoms in total. The highest BCUT2D eigenvalue weighted by Crippen LogP contribution is 2.33. The van der Waals surface area contributed by atoms with E-state index >= 15 is 0 Å². The molecule has 0 aromatic heterocycles. The molecule has 0 heterocycles. The van der Waals surface area contributed by atoms with Gasteiger partial charge in [0, 0.05) is 23.2 Å². The summed E-state index contributed by atoms with van der Waals surface area (Å²) in [6, 6.07) is 8.69. The molecule has 0 aliphatic heterocycles. The summed E-state index contributed by atoms with van der Waals surface area (Å²) in [5, 5.41) is 3.36. The van der Waals surface area contributed by atoms with Crippen LogP contribution in [-0.4, -0.2) is 26.7 Å². The molecule has 146 valence electrons. The Labute approximate surface area is 173 Å². The molecule has 0 saturated heterocycles. The molecule has 0 unspecified atom stereocenters. The van der Waals surface area contributed by atoms with Gasteiger partial charge in [-0.1, -0.05) is 24.9 Å². The molecular formula is C20H23BrClNO4. The maximum absolute atomic E-state index is 12.5. The smallest absolute Gasteiger partial charge is 0.251 e. The first-order chi connectivity index (χ1) is 13.0. The van der Waals surface area contributed by atoms with Crippen LogP contribution in [0.2, 0.25) is 5.02 Å². The average Bonchev–Trinajstić information content (AvgIpc) is 2.67. The Morgan fingerprint density at radius 1 is 1.11 bits per heavy atom. The lowest BCUT2D eigenvalue weighted by atomic mass is 10.1. The number of ether oxygens (including phenoxy) is 3. The molecule has 2 aromatic rings. The summed E-state index contributed by atoms with van der Waals surface area (Å²) in [5.41, 5.74) is 1.27. The zero-order valence-corrected chi connectivity index (χ0v) is 17.9. The van der Waals surface area contributed by atoms with E-state index in [0.29, 0.717) is 28.7 Å². The fourth-order valence-corrected chi connectivity index (χ4v) is 3.11. The van der Waals surface area contributed by atoms with Crippen molar-refractivity contribution in [2.75, 3.05) is 20.8 Å². The summed E-state index contributed by atoms with van der Waals surface area (Å²) < 4.78 is 16.9. The van der Waals surface area contributed by atoms with Gasteiger partial charge in [0.15, 0.2) is 11.5 Å². The van der Waals surface area contributed by atoms with Gasteiger partial charge in [0.25, 0.3) is 5.91 Å². The van der Waals surface area contributed by atoms with Crippen LogP contribution in [0.3, 0.4) is 0 Å². The second kappa shape index (κ2) is 10.4. The number of methoxy groups -OCH3 is 2. The largest absolute Gasteiger partial charge is 0.493 e. The van der Waals surface area contributed by atoms with Crippen molar-refractivity contribution in [3.8, 4) is 17.2 Å². The Morgan fingerprint density at radius 2 is 1.81 bits per heavy atom. The number of hydrogen-bond acceptors (Lipinski definition) is 4. The standard InChI is InChI=1S/C20H23BrClNO4/c1-4-5-8-27-17-7-6-13(9-15(17)21)20(24)23-12-14-10-18(25-2)19(26-3)11-16(14)22/h6-7,9-11H,4-5,8,12H2,1-3H3,(H,23,24). The fraction of sp³-hybridized carbons (Fsp3) is 0.350. The van der Waals surface area contributed by atoms with E-state index < -0.39 is 0 Å². The highest BCUT2D eigenvalue weighted by atomic mass is 79.9. The summed E-state index contributed by atoms with van der Waals surface area (Å²) in [6.07, 6.45) is 2.05. The molecule has 1 N–H and O–H groups in total. The van der Waals surface area contributed by atoms with Crippen LogP contribution in [0, 0.1) is 0 Å². The van der Waals surface area contributed by atoms with E-state index in [1.807, 2.05) is 0 Å². The second-order valence-corrected chi connectivity index (χ2v) is 7.09. The van der Waals surface area contributed by atoms with Gasteiger partial charge in [0.05, 0.1) is 25.3 Å². The van der Waals surface area contributed by atoms with Crippen LogP contribution in [0.15, 0.2) is 34.8 Å². The van der Waals surface area contributed by atoms with E-state index in [4.69, 9.17) is 25.8 Å². The SMILES string of the molecule is CCCCOc1ccc(C(=O)NCc2cc(OC)c(OC)cc2Cl)cc1Br.